The summed E-state index contributed by atoms with van der Waals surface area (Å²) < 4.78 is 5.19. The number of nitrogens with zero attached hydrogens (tertiary/aromatic N) is 4. The number of carboxylic acid groups (broad SMARTS) is 1. The predicted molar refractivity (Wildman–Crippen MR) is 158 cm³/mol. The molecular weight excluding hydrogens is 542 g/mol. The van der Waals surface area contributed by atoms with Crippen molar-refractivity contribution < 1.29 is 14.7 Å². The van der Waals surface area contributed by atoms with Gasteiger partial charge in [0.25, 0.3) is 5.91 Å². The molecule has 0 saturated heterocycles. The van der Waals surface area contributed by atoms with Crippen LogP contribution in [0, 0.1) is 12.8 Å². The van der Waals surface area contributed by atoms with Crippen molar-refractivity contribution in [1.82, 2.24) is 24.0 Å². The summed E-state index contributed by atoms with van der Waals surface area (Å²) in [7, 11) is 1.72. The minimum atomic E-state index is -0.995. The van der Waals surface area contributed by atoms with Crippen LogP contribution in [-0.4, -0.2) is 41.7 Å². The Kier molecular flexibility index (Phi) is 6.91. The fraction of sp³-hybridized carbons (Fsp3) is 0.290. The summed E-state index contributed by atoms with van der Waals surface area (Å²) in [4.78, 5) is 42.5. The van der Waals surface area contributed by atoms with Gasteiger partial charge in [0, 0.05) is 36.7 Å². The minimum Gasteiger partial charge on any atom is -0.477 e. The first-order valence-electron chi connectivity index (χ1n) is 13.7. The van der Waals surface area contributed by atoms with E-state index >= 15 is 0 Å². The molecule has 0 aliphatic heterocycles. The third-order valence-electron chi connectivity index (χ3n) is 8.26. The molecule has 0 spiro atoms. The van der Waals surface area contributed by atoms with Crippen LogP contribution < -0.4 is 11.0 Å². The van der Waals surface area contributed by atoms with Crippen LogP contribution in [0.25, 0.3) is 27.6 Å². The topological polar surface area (TPSA) is 111 Å². The molecule has 9 nitrogen and oxygen atoms in total. The number of benzene rings is 2. The molecule has 0 atom stereocenters. The molecule has 1 aliphatic rings. The SMILES string of the molecule is Cc1ncc(Cl)cc1C(=O)N[C@H]1CC[C@H](Cn2c(=O)n(-c3ccc4c(c3)cc(C(=O)O)n4C)c3ccccc32)CC1. The number of hydrogen-bond donors (Lipinski definition) is 2. The number of amides is 1. The molecule has 6 rings (SSSR count). The summed E-state index contributed by atoms with van der Waals surface area (Å²) in [5.41, 5.74) is 4.34. The highest BCUT2D eigenvalue weighted by Gasteiger charge is 2.26. The van der Waals surface area contributed by atoms with Gasteiger partial charge in [-0.2, -0.15) is 0 Å². The van der Waals surface area contributed by atoms with Crippen LogP contribution in [0.15, 0.2) is 65.6 Å². The highest BCUT2D eigenvalue weighted by Crippen LogP contribution is 2.29. The van der Waals surface area contributed by atoms with Crippen molar-refractivity contribution in [3.8, 4) is 5.69 Å². The van der Waals surface area contributed by atoms with Crippen LogP contribution in [0.3, 0.4) is 0 Å². The number of rotatable bonds is 6. The highest BCUT2D eigenvalue weighted by molar-refractivity contribution is 6.30. The first-order chi connectivity index (χ1) is 19.7. The molecule has 210 valence electrons. The molecule has 5 aromatic rings. The second-order valence-corrected chi connectivity index (χ2v) is 11.3. The van der Waals surface area contributed by atoms with E-state index in [1.165, 1.54) is 6.20 Å². The number of pyridine rings is 1. The number of aromatic carboxylic acids is 1. The number of halogens is 1. The normalized spacial score (nSPS) is 17.2. The van der Waals surface area contributed by atoms with Crippen LogP contribution in [0.1, 0.15) is 52.2 Å². The third kappa shape index (κ3) is 4.91. The van der Waals surface area contributed by atoms with Crippen molar-refractivity contribution >= 4 is 45.4 Å². The number of para-hydroxylation sites is 2. The fourth-order valence-electron chi connectivity index (χ4n) is 6.06. The molecule has 10 heteroatoms. The smallest absolute Gasteiger partial charge is 0.352 e. The Bertz CT molecular complexity index is 1880. The van der Waals surface area contributed by atoms with Crippen molar-refractivity contribution in [1.29, 1.82) is 0 Å². The zero-order chi connectivity index (χ0) is 28.8. The van der Waals surface area contributed by atoms with Crippen molar-refractivity contribution in [3.05, 3.63) is 93.3 Å². The van der Waals surface area contributed by atoms with Gasteiger partial charge in [-0.25, -0.2) is 9.59 Å². The molecule has 2 N–H and O–H groups in total. The first kappa shape index (κ1) is 26.8. The van der Waals surface area contributed by atoms with Gasteiger partial charge in [0.15, 0.2) is 0 Å². The van der Waals surface area contributed by atoms with Gasteiger partial charge in [0.05, 0.1) is 33.0 Å². The van der Waals surface area contributed by atoms with Crippen LogP contribution in [-0.2, 0) is 13.6 Å². The molecule has 1 fully saturated rings. The monoisotopic (exact) mass is 571 g/mol. The third-order valence-corrected chi connectivity index (χ3v) is 8.47. The van der Waals surface area contributed by atoms with E-state index in [0.29, 0.717) is 34.4 Å². The van der Waals surface area contributed by atoms with Gasteiger partial charge in [-0.1, -0.05) is 23.7 Å². The van der Waals surface area contributed by atoms with Gasteiger partial charge in [-0.15, -0.1) is 0 Å². The number of nitrogens with one attached hydrogen (secondary N) is 1. The molecule has 1 aliphatic carbocycles. The van der Waals surface area contributed by atoms with E-state index < -0.39 is 5.97 Å². The summed E-state index contributed by atoms with van der Waals surface area (Å²) in [6.45, 7) is 2.38. The average Bonchev–Trinajstić information content (AvgIpc) is 3.44. The lowest BCUT2D eigenvalue weighted by Crippen LogP contribution is -2.39. The summed E-state index contributed by atoms with van der Waals surface area (Å²) in [6, 6.07) is 16.7. The lowest BCUT2D eigenvalue weighted by Gasteiger charge is -2.29. The number of carbonyl (C=O) groups is 2. The van der Waals surface area contributed by atoms with Crippen LogP contribution in [0.2, 0.25) is 5.02 Å². The van der Waals surface area contributed by atoms with Gasteiger partial charge in [-0.3, -0.25) is 18.9 Å². The molecule has 1 saturated carbocycles. The average molecular weight is 572 g/mol. The van der Waals surface area contributed by atoms with E-state index in [0.717, 1.165) is 47.6 Å². The van der Waals surface area contributed by atoms with Crippen LogP contribution >= 0.6 is 11.6 Å². The lowest BCUT2D eigenvalue weighted by atomic mass is 9.85. The Morgan fingerprint density at radius 2 is 1.76 bits per heavy atom. The zero-order valence-electron chi connectivity index (χ0n) is 22.8. The zero-order valence-corrected chi connectivity index (χ0v) is 23.6. The van der Waals surface area contributed by atoms with Crippen LogP contribution in [0.5, 0.6) is 0 Å². The van der Waals surface area contributed by atoms with Gasteiger partial charge >= 0.3 is 11.7 Å². The molecule has 1 amide bonds. The van der Waals surface area contributed by atoms with E-state index in [9.17, 15) is 19.5 Å². The summed E-state index contributed by atoms with van der Waals surface area (Å²) in [5.74, 6) is -0.861. The summed E-state index contributed by atoms with van der Waals surface area (Å²) in [5, 5.41) is 13.8. The maximum atomic E-state index is 13.9. The second-order valence-electron chi connectivity index (χ2n) is 10.8. The van der Waals surface area contributed by atoms with Gasteiger partial charge < -0.3 is 15.0 Å². The predicted octanol–water partition coefficient (Wildman–Crippen LogP) is 5.33. The second kappa shape index (κ2) is 10.6. The van der Waals surface area contributed by atoms with Gasteiger partial charge in [0.2, 0.25) is 0 Å². The van der Waals surface area contributed by atoms with Crippen molar-refractivity contribution in [2.75, 3.05) is 0 Å². The van der Waals surface area contributed by atoms with Crippen molar-refractivity contribution in [2.45, 2.75) is 45.2 Å². The molecule has 0 unspecified atom stereocenters. The standard InChI is InChI=1S/C31H30ClN5O4/c1-18-24(15-21(32)16-33-18)29(38)34-22-9-7-19(8-10-22)17-36-26-5-3-4-6-27(26)37(31(36)41)23-11-12-25-20(13-23)14-28(30(39)40)35(25)2/h3-6,11-16,19,22H,7-10,17H2,1-2H3,(H,34,38)(H,39,40)/t19-,22-. The highest BCUT2D eigenvalue weighted by atomic mass is 35.5. The Hall–Kier alpha value is -4.37. The molecule has 2 aromatic carbocycles. The Labute approximate surface area is 241 Å². The number of hydrogen-bond acceptors (Lipinski definition) is 4. The maximum Gasteiger partial charge on any atom is 0.352 e. The molecule has 0 bridgehead atoms. The quantitative estimate of drug-likeness (QED) is 0.286. The number of carboxylic acids is 1. The van der Waals surface area contributed by atoms with E-state index in [4.69, 9.17) is 11.6 Å². The molecule has 0 radical (unpaired) electrons. The van der Waals surface area contributed by atoms with E-state index in [1.54, 1.807) is 35.2 Å². The van der Waals surface area contributed by atoms with E-state index in [2.05, 4.69) is 10.3 Å². The molecule has 3 heterocycles. The Morgan fingerprint density at radius 1 is 1.02 bits per heavy atom. The Balaban J connectivity index is 1.23. The summed E-state index contributed by atoms with van der Waals surface area (Å²) in [6.07, 6.45) is 4.96. The Morgan fingerprint density at radius 3 is 2.49 bits per heavy atom. The van der Waals surface area contributed by atoms with Crippen molar-refractivity contribution in [2.24, 2.45) is 13.0 Å². The molecule has 41 heavy (non-hydrogen) atoms. The molecule has 3 aromatic heterocycles. The number of imidazole rings is 1. The van der Waals surface area contributed by atoms with Gasteiger partial charge in [-0.05, 0) is 81.0 Å². The largest absolute Gasteiger partial charge is 0.477 e. The number of fused-ring (bicyclic) bond motifs is 2. The first-order valence-corrected chi connectivity index (χ1v) is 14.1. The number of aromatic nitrogens is 4. The number of aryl methyl sites for hydroxylation is 2. The van der Waals surface area contributed by atoms with E-state index in [-0.39, 0.29) is 23.3 Å². The lowest BCUT2D eigenvalue weighted by molar-refractivity contribution is 0.0686. The van der Waals surface area contributed by atoms with E-state index in [1.807, 2.05) is 47.0 Å². The molecular formula is C31H30ClN5O4. The number of carbonyl (C=O) groups excluding carboxylic acids is 1. The van der Waals surface area contributed by atoms with Gasteiger partial charge in [0.1, 0.15) is 5.69 Å². The van der Waals surface area contributed by atoms with Crippen molar-refractivity contribution in [3.63, 3.8) is 0 Å². The summed E-state index contributed by atoms with van der Waals surface area (Å²) >= 11 is 6.04. The van der Waals surface area contributed by atoms with Crippen LogP contribution in [0.4, 0.5) is 0 Å². The maximum absolute atomic E-state index is 13.9. The minimum absolute atomic E-state index is 0.0588. The fourth-order valence-corrected chi connectivity index (χ4v) is 6.22.